The molecule has 2 amide bonds. The van der Waals surface area contributed by atoms with Crippen LogP contribution in [0.1, 0.15) is 52.7 Å². The predicted molar refractivity (Wildman–Crippen MR) is 120 cm³/mol. The summed E-state index contributed by atoms with van der Waals surface area (Å²) in [4.78, 5) is 37.3. The number of pyridine rings is 1. The largest absolute Gasteiger partial charge is 0.349 e. The van der Waals surface area contributed by atoms with E-state index in [1.807, 2.05) is 27.7 Å². The fourth-order valence-corrected chi connectivity index (χ4v) is 4.11. The van der Waals surface area contributed by atoms with Crippen molar-refractivity contribution in [1.29, 1.82) is 0 Å². The third kappa shape index (κ3) is 5.32. The Hall–Kier alpha value is -3.13. The van der Waals surface area contributed by atoms with Crippen molar-refractivity contribution in [2.24, 2.45) is 0 Å². The van der Waals surface area contributed by atoms with Crippen molar-refractivity contribution in [3.63, 3.8) is 0 Å². The third-order valence-electron chi connectivity index (χ3n) is 4.43. The number of aryl methyl sites for hydroxylation is 2. The van der Waals surface area contributed by atoms with E-state index in [2.05, 4.69) is 15.3 Å². The minimum absolute atomic E-state index is 0.279. The number of aromatic nitrogens is 2. The van der Waals surface area contributed by atoms with Gasteiger partial charge < -0.3 is 5.32 Å². The molecule has 3 aromatic rings. The van der Waals surface area contributed by atoms with Gasteiger partial charge in [0.05, 0.1) is 10.7 Å². The van der Waals surface area contributed by atoms with E-state index in [0.717, 1.165) is 5.01 Å². The average Bonchev–Trinajstić information content (AvgIpc) is 3.02. The van der Waals surface area contributed by atoms with Crippen LogP contribution in [0.4, 0.5) is 10.1 Å². The molecule has 0 aliphatic heterocycles. The minimum atomic E-state index is -1.03. The van der Waals surface area contributed by atoms with Crippen LogP contribution >= 0.6 is 11.3 Å². The number of nitrogens with one attached hydrogen (secondary N) is 1. The number of rotatable bonds is 5. The first-order valence-electron chi connectivity index (χ1n) is 9.82. The first-order valence-corrected chi connectivity index (χ1v) is 10.6. The molecule has 0 saturated carbocycles. The van der Waals surface area contributed by atoms with Crippen molar-refractivity contribution >= 4 is 28.8 Å². The smallest absolute Gasteiger partial charge is 0.271 e. The van der Waals surface area contributed by atoms with Gasteiger partial charge in [0.2, 0.25) is 5.91 Å². The average molecular weight is 441 g/mol. The molecule has 0 fully saturated rings. The van der Waals surface area contributed by atoms with Gasteiger partial charge >= 0.3 is 0 Å². The van der Waals surface area contributed by atoms with Gasteiger partial charge in [0.15, 0.2) is 0 Å². The highest BCUT2D eigenvalue weighted by Crippen LogP contribution is 2.32. The van der Waals surface area contributed by atoms with Crippen LogP contribution < -0.4 is 10.2 Å². The number of nitrogens with zero attached hydrogens (tertiary/aromatic N) is 3. The number of halogens is 1. The molecule has 2 aromatic heterocycles. The summed E-state index contributed by atoms with van der Waals surface area (Å²) in [5, 5.41) is 3.69. The Morgan fingerprint density at radius 1 is 1.13 bits per heavy atom. The van der Waals surface area contributed by atoms with Crippen LogP contribution in [-0.2, 0) is 4.79 Å². The summed E-state index contributed by atoms with van der Waals surface area (Å²) in [7, 11) is 0. The zero-order chi connectivity index (χ0) is 22.8. The minimum Gasteiger partial charge on any atom is -0.349 e. The zero-order valence-corrected chi connectivity index (χ0v) is 19.0. The Labute approximate surface area is 185 Å². The molecule has 0 radical (unpaired) electrons. The number of thiazole rings is 1. The summed E-state index contributed by atoms with van der Waals surface area (Å²) in [6.07, 6.45) is 3.12. The van der Waals surface area contributed by atoms with Gasteiger partial charge in [-0.15, -0.1) is 11.3 Å². The molecule has 1 aromatic carbocycles. The quantitative estimate of drug-likeness (QED) is 0.629. The second-order valence-corrected chi connectivity index (χ2v) is 9.43. The van der Waals surface area contributed by atoms with Crippen LogP contribution in [0.25, 0.3) is 0 Å². The fourth-order valence-electron chi connectivity index (χ4n) is 3.25. The van der Waals surface area contributed by atoms with Crippen molar-refractivity contribution in [2.75, 3.05) is 4.90 Å². The third-order valence-corrected chi connectivity index (χ3v) is 5.49. The molecule has 1 unspecified atom stereocenters. The fraction of sp³-hybridized carbons (Fsp3) is 0.304. The van der Waals surface area contributed by atoms with E-state index >= 15 is 0 Å². The van der Waals surface area contributed by atoms with E-state index in [1.54, 1.807) is 37.5 Å². The molecule has 0 bridgehead atoms. The summed E-state index contributed by atoms with van der Waals surface area (Å²) >= 11 is 1.25. The molecule has 3 rings (SSSR count). The molecule has 0 saturated heterocycles. The Balaban J connectivity index is 2.21. The molecule has 31 heavy (non-hydrogen) atoms. The van der Waals surface area contributed by atoms with Gasteiger partial charge in [0, 0.05) is 23.6 Å². The van der Waals surface area contributed by atoms with Crippen LogP contribution in [0.2, 0.25) is 0 Å². The molecule has 1 N–H and O–H groups in total. The number of carbonyl (C=O) groups excluding carboxylic acids is 2. The van der Waals surface area contributed by atoms with Crippen LogP contribution in [0, 0.1) is 19.7 Å². The van der Waals surface area contributed by atoms with Gasteiger partial charge in [0.1, 0.15) is 16.7 Å². The number of hydrogen-bond donors (Lipinski definition) is 1. The number of amides is 2. The van der Waals surface area contributed by atoms with Crippen LogP contribution in [-0.4, -0.2) is 27.3 Å². The second-order valence-electron chi connectivity index (χ2n) is 8.22. The maximum atomic E-state index is 14.2. The molecular formula is C23H25FN4O2S. The highest BCUT2D eigenvalue weighted by molar-refractivity contribution is 7.13. The van der Waals surface area contributed by atoms with E-state index in [4.69, 9.17) is 0 Å². The van der Waals surface area contributed by atoms with Crippen molar-refractivity contribution in [2.45, 2.75) is 46.2 Å². The number of anilines is 1. The highest BCUT2D eigenvalue weighted by Gasteiger charge is 2.36. The van der Waals surface area contributed by atoms with E-state index in [9.17, 15) is 14.0 Å². The van der Waals surface area contributed by atoms with Gasteiger partial charge in [-0.3, -0.25) is 19.5 Å². The summed E-state index contributed by atoms with van der Waals surface area (Å²) in [5.41, 5.74) is 0.879. The molecule has 0 aliphatic rings. The summed E-state index contributed by atoms with van der Waals surface area (Å²) in [6, 6.07) is 8.00. The van der Waals surface area contributed by atoms with E-state index in [1.165, 1.54) is 34.4 Å². The summed E-state index contributed by atoms with van der Waals surface area (Å²) in [5.74, 6) is -1.30. The lowest BCUT2D eigenvalue weighted by Crippen LogP contribution is -2.49. The van der Waals surface area contributed by atoms with Gasteiger partial charge in [-0.1, -0.05) is 6.07 Å². The van der Waals surface area contributed by atoms with Crippen LogP contribution in [0.5, 0.6) is 0 Å². The normalized spacial score (nSPS) is 12.3. The molecule has 0 aliphatic carbocycles. The van der Waals surface area contributed by atoms with Crippen LogP contribution in [0.3, 0.4) is 0 Å². The lowest BCUT2D eigenvalue weighted by molar-refractivity contribution is -0.123. The predicted octanol–water partition coefficient (Wildman–Crippen LogP) is 4.60. The number of carbonyl (C=O) groups is 2. The number of hydrogen-bond acceptors (Lipinski definition) is 5. The Morgan fingerprint density at radius 2 is 1.81 bits per heavy atom. The van der Waals surface area contributed by atoms with Gasteiger partial charge in [-0.05, 0) is 70.5 Å². The number of benzene rings is 1. The van der Waals surface area contributed by atoms with Crippen molar-refractivity contribution < 1.29 is 14.0 Å². The molecule has 8 heteroatoms. The zero-order valence-electron chi connectivity index (χ0n) is 18.1. The van der Waals surface area contributed by atoms with E-state index in [0.29, 0.717) is 16.1 Å². The van der Waals surface area contributed by atoms with Crippen LogP contribution in [0.15, 0.2) is 48.8 Å². The van der Waals surface area contributed by atoms with E-state index < -0.39 is 23.3 Å². The molecule has 6 nitrogen and oxygen atoms in total. The monoisotopic (exact) mass is 440 g/mol. The van der Waals surface area contributed by atoms with Crippen molar-refractivity contribution in [1.82, 2.24) is 15.3 Å². The lowest BCUT2D eigenvalue weighted by Gasteiger charge is -2.33. The maximum absolute atomic E-state index is 14.2. The maximum Gasteiger partial charge on any atom is 0.271 e. The first kappa shape index (κ1) is 22.6. The molecule has 0 spiro atoms. The SMILES string of the molecule is Cc1nc(C)c(C(=O)N(c2cccc(F)c2)C(C(=O)NC(C)(C)C)c2ccncc2)s1. The topological polar surface area (TPSA) is 75.2 Å². The van der Waals surface area contributed by atoms with Gasteiger partial charge in [-0.2, -0.15) is 0 Å². The molecular weight excluding hydrogens is 415 g/mol. The highest BCUT2D eigenvalue weighted by atomic mass is 32.1. The second kappa shape index (κ2) is 8.93. The molecule has 162 valence electrons. The summed E-state index contributed by atoms with van der Waals surface area (Å²) in [6.45, 7) is 9.14. The Bertz CT molecular complexity index is 1090. The van der Waals surface area contributed by atoms with Gasteiger partial charge in [-0.25, -0.2) is 9.37 Å². The lowest BCUT2D eigenvalue weighted by atomic mass is 10.0. The van der Waals surface area contributed by atoms with E-state index in [-0.39, 0.29) is 11.6 Å². The Morgan fingerprint density at radius 3 is 2.35 bits per heavy atom. The van der Waals surface area contributed by atoms with Crippen molar-refractivity contribution in [3.8, 4) is 0 Å². The summed E-state index contributed by atoms with van der Waals surface area (Å²) < 4.78 is 14.2. The molecule has 2 heterocycles. The first-order chi connectivity index (χ1) is 14.6. The van der Waals surface area contributed by atoms with Gasteiger partial charge in [0.25, 0.3) is 5.91 Å². The molecule has 1 atom stereocenters. The standard InChI is InChI=1S/C23H25FN4O2S/c1-14-20(31-15(2)26-14)22(30)28(18-8-6-7-17(24)13-18)19(16-9-11-25-12-10-16)21(29)27-23(3,4)5/h6-13,19H,1-5H3,(H,27,29). The van der Waals surface area contributed by atoms with Crippen molar-refractivity contribution in [3.05, 3.63) is 75.8 Å². The Kier molecular flexibility index (Phi) is 6.50.